The van der Waals surface area contributed by atoms with Gasteiger partial charge in [0.1, 0.15) is 13.2 Å². The molecule has 0 fully saturated rings. The standard InChI is InChI=1S/C11H24NO2S.ClH/c1-6-10(2)9-15-11(13)14-8-7-12(3,4)5;/h10H,6-9H2,1-5H3;1H/q+1;/p-1. The highest BCUT2D eigenvalue weighted by atomic mass is 35.5. The number of carbonyl (C=O) groups is 1. The highest BCUT2D eigenvalue weighted by Gasteiger charge is 2.10. The molecule has 0 saturated carbocycles. The van der Waals surface area contributed by atoms with Crippen molar-refractivity contribution in [2.45, 2.75) is 20.3 Å². The zero-order valence-corrected chi connectivity index (χ0v) is 12.5. The number of thioether (sulfide) groups is 1. The predicted octanol–water partition coefficient (Wildman–Crippen LogP) is -0.387. The van der Waals surface area contributed by atoms with Crippen LogP contribution < -0.4 is 12.4 Å². The maximum absolute atomic E-state index is 11.3. The number of quaternary nitrogens is 1. The Kier molecular flexibility index (Phi) is 10.5. The zero-order chi connectivity index (χ0) is 11.9. The molecule has 0 N–H and O–H groups in total. The number of nitrogens with zero attached hydrogens (tertiary/aromatic N) is 1. The molecule has 1 unspecified atom stereocenters. The smallest absolute Gasteiger partial charge is 0.367 e. The van der Waals surface area contributed by atoms with Crippen molar-refractivity contribution in [1.29, 1.82) is 0 Å². The summed E-state index contributed by atoms with van der Waals surface area (Å²) in [6.45, 7) is 5.64. The first kappa shape index (κ1) is 18.4. The van der Waals surface area contributed by atoms with Crippen molar-refractivity contribution in [3.63, 3.8) is 0 Å². The molecule has 0 spiro atoms. The quantitative estimate of drug-likeness (QED) is 0.486. The molecule has 0 rings (SSSR count). The summed E-state index contributed by atoms with van der Waals surface area (Å²) in [5, 5.41) is -0.135. The fourth-order valence-corrected chi connectivity index (χ4v) is 1.60. The highest BCUT2D eigenvalue weighted by Crippen LogP contribution is 2.13. The number of carbonyl (C=O) groups excluding carboxylic acids is 1. The molecule has 98 valence electrons. The van der Waals surface area contributed by atoms with E-state index in [0.29, 0.717) is 12.5 Å². The van der Waals surface area contributed by atoms with Crippen LogP contribution in [0.15, 0.2) is 0 Å². The van der Waals surface area contributed by atoms with Crippen LogP contribution in [-0.4, -0.2) is 49.8 Å². The molecular formula is C11H24ClNO2S. The molecule has 0 radical (unpaired) electrons. The third kappa shape index (κ3) is 12.1. The lowest BCUT2D eigenvalue weighted by molar-refractivity contribution is -0.870. The minimum Gasteiger partial charge on any atom is -1.00 e. The SMILES string of the molecule is CCC(C)CSC(=O)OCC[N+](C)(C)C.[Cl-]. The molecule has 0 aromatic rings. The first-order valence-electron chi connectivity index (χ1n) is 5.45. The van der Waals surface area contributed by atoms with E-state index >= 15 is 0 Å². The summed E-state index contributed by atoms with van der Waals surface area (Å²) in [7, 11) is 6.25. The minimum absolute atomic E-state index is 0. The number of hydrogen-bond donors (Lipinski definition) is 0. The molecule has 0 aromatic heterocycles. The molecule has 0 heterocycles. The number of likely N-dealkylation sites (N-methyl/N-ethyl adjacent to an activating group) is 1. The fourth-order valence-electron chi connectivity index (χ4n) is 0.773. The number of rotatable bonds is 6. The van der Waals surface area contributed by atoms with Crippen LogP contribution in [0.3, 0.4) is 0 Å². The Balaban J connectivity index is 0. The maximum atomic E-state index is 11.3. The molecule has 5 heteroatoms. The van der Waals surface area contributed by atoms with E-state index in [0.717, 1.165) is 23.2 Å². The summed E-state index contributed by atoms with van der Waals surface area (Å²) in [5.41, 5.74) is 0. The van der Waals surface area contributed by atoms with Crippen LogP contribution in [0.4, 0.5) is 4.79 Å². The molecule has 0 aliphatic heterocycles. The lowest BCUT2D eigenvalue weighted by atomic mass is 10.2. The Morgan fingerprint density at radius 2 is 1.94 bits per heavy atom. The van der Waals surface area contributed by atoms with Crippen LogP contribution >= 0.6 is 11.8 Å². The highest BCUT2D eigenvalue weighted by molar-refractivity contribution is 8.13. The average molecular weight is 270 g/mol. The van der Waals surface area contributed by atoms with Gasteiger partial charge in [0.05, 0.1) is 21.1 Å². The molecule has 1 atom stereocenters. The van der Waals surface area contributed by atoms with Crippen LogP contribution in [0, 0.1) is 5.92 Å². The third-order valence-electron chi connectivity index (χ3n) is 2.16. The number of halogens is 1. The lowest BCUT2D eigenvalue weighted by Gasteiger charge is -2.23. The first-order chi connectivity index (χ1) is 6.85. The summed E-state index contributed by atoms with van der Waals surface area (Å²) in [5.74, 6) is 1.45. The Bertz CT molecular complexity index is 195. The average Bonchev–Trinajstić information content (AvgIpc) is 2.12. The number of ether oxygens (including phenoxy) is 1. The zero-order valence-electron chi connectivity index (χ0n) is 11.0. The van der Waals surface area contributed by atoms with E-state index in [2.05, 4.69) is 35.0 Å². The van der Waals surface area contributed by atoms with Gasteiger partial charge in [-0.1, -0.05) is 20.3 Å². The topological polar surface area (TPSA) is 26.3 Å². The fraction of sp³-hybridized carbons (Fsp3) is 0.909. The molecule has 0 aliphatic rings. The van der Waals surface area contributed by atoms with Gasteiger partial charge in [-0.15, -0.1) is 0 Å². The molecule has 0 aliphatic carbocycles. The second kappa shape index (κ2) is 9.14. The lowest BCUT2D eigenvalue weighted by Crippen LogP contribution is -3.00. The van der Waals surface area contributed by atoms with E-state index in [1.165, 1.54) is 11.8 Å². The van der Waals surface area contributed by atoms with Crippen LogP contribution in [-0.2, 0) is 4.74 Å². The van der Waals surface area contributed by atoms with Gasteiger partial charge in [0.2, 0.25) is 0 Å². The molecule has 0 amide bonds. The summed E-state index contributed by atoms with van der Waals surface area (Å²) in [6, 6.07) is 0. The van der Waals surface area contributed by atoms with Gasteiger partial charge in [0, 0.05) is 5.75 Å². The normalized spacial score (nSPS) is 12.8. The van der Waals surface area contributed by atoms with Gasteiger partial charge in [-0.25, -0.2) is 4.79 Å². The van der Waals surface area contributed by atoms with E-state index in [1.807, 2.05) is 0 Å². The van der Waals surface area contributed by atoms with Gasteiger partial charge in [-0.05, 0) is 17.7 Å². The van der Waals surface area contributed by atoms with Crippen LogP contribution in [0.25, 0.3) is 0 Å². The summed E-state index contributed by atoms with van der Waals surface area (Å²) >= 11 is 1.29. The Morgan fingerprint density at radius 1 is 1.38 bits per heavy atom. The first-order valence-corrected chi connectivity index (χ1v) is 6.43. The summed E-state index contributed by atoms with van der Waals surface area (Å²) < 4.78 is 5.94. The Morgan fingerprint density at radius 3 is 2.38 bits per heavy atom. The Hall–Kier alpha value is 0.0700. The largest absolute Gasteiger partial charge is 1.00 e. The summed E-state index contributed by atoms with van der Waals surface area (Å²) in [4.78, 5) is 11.3. The third-order valence-corrected chi connectivity index (χ3v) is 3.25. The molecule has 16 heavy (non-hydrogen) atoms. The van der Waals surface area contributed by atoms with E-state index in [-0.39, 0.29) is 17.7 Å². The van der Waals surface area contributed by atoms with Gasteiger partial charge in [0.15, 0.2) is 0 Å². The van der Waals surface area contributed by atoms with Gasteiger partial charge >= 0.3 is 5.30 Å². The van der Waals surface area contributed by atoms with E-state index < -0.39 is 0 Å². The van der Waals surface area contributed by atoms with E-state index in [1.54, 1.807) is 0 Å². The van der Waals surface area contributed by atoms with Crippen molar-refractivity contribution in [3.05, 3.63) is 0 Å². The molecule has 0 bridgehead atoms. The monoisotopic (exact) mass is 269 g/mol. The van der Waals surface area contributed by atoms with Crippen LogP contribution in [0.5, 0.6) is 0 Å². The van der Waals surface area contributed by atoms with Crippen molar-refractivity contribution in [2.24, 2.45) is 5.92 Å². The Labute approximate surface area is 110 Å². The second-order valence-electron chi connectivity index (χ2n) is 4.94. The van der Waals surface area contributed by atoms with Crippen LogP contribution in [0.1, 0.15) is 20.3 Å². The van der Waals surface area contributed by atoms with Gasteiger partial charge in [-0.2, -0.15) is 0 Å². The molecule has 0 aromatic carbocycles. The molecule has 0 saturated heterocycles. The van der Waals surface area contributed by atoms with Gasteiger partial charge < -0.3 is 21.6 Å². The minimum atomic E-state index is -0.135. The van der Waals surface area contributed by atoms with Crippen molar-refractivity contribution in [2.75, 3.05) is 40.0 Å². The van der Waals surface area contributed by atoms with Crippen molar-refractivity contribution in [1.82, 2.24) is 0 Å². The summed E-state index contributed by atoms with van der Waals surface area (Å²) in [6.07, 6.45) is 1.11. The second-order valence-corrected chi connectivity index (χ2v) is 5.89. The number of hydrogen-bond acceptors (Lipinski definition) is 3. The molecule has 3 nitrogen and oxygen atoms in total. The van der Waals surface area contributed by atoms with Crippen LogP contribution in [0.2, 0.25) is 0 Å². The van der Waals surface area contributed by atoms with E-state index in [9.17, 15) is 4.79 Å². The van der Waals surface area contributed by atoms with E-state index in [4.69, 9.17) is 4.74 Å². The van der Waals surface area contributed by atoms with Crippen molar-refractivity contribution >= 4 is 17.1 Å². The van der Waals surface area contributed by atoms with Crippen molar-refractivity contribution < 1.29 is 26.4 Å². The predicted molar refractivity (Wildman–Crippen MR) is 66.2 cm³/mol. The molecular weight excluding hydrogens is 246 g/mol. The van der Waals surface area contributed by atoms with Gasteiger partial charge in [0.25, 0.3) is 0 Å². The van der Waals surface area contributed by atoms with Crippen molar-refractivity contribution in [3.8, 4) is 0 Å². The maximum Gasteiger partial charge on any atom is 0.367 e. The van der Waals surface area contributed by atoms with Gasteiger partial charge in [-0.3, -0.25) is 0 Å².